The molecule has 0 radical (unpaired) electrons. The van der Waals surface area contributed by atoms with E-state index in [1.54, 1.807) is 53.2 Å². The maximum Gasteiger partial charge on any atom is 0.255 e. The van der Waals surface area contributed by atoms with E-state index in [-0.39, 0.29) is 18.3 Å². The third kappa shape index (κ3) is 8.94. The van der Waals surface area contributed by atoms with Crippen LogP contribution in [0.25, 0.3) is 5.65 Å². The van der Waals surface area contributed by atoms with E-state index in [1.165, 1.54) is 0 Å². The third-order valence-corrected chi connectivity index (χ3v) is 5.22. The number of ether oxygens (including phenoxy) is 4. The minimum Gasteiger partial charge on any atom is -0.491 e. The molecule has 10 nitrogen and oxygen atoms in total. The minimum atomic E-state index is -0.524. The Morgan fingerprint density at radius 1 is 0.865 bits per heavy atom. The summed E-state index contributed by atoms with van der Waals surface area (Å²) in [6.45, 7) is 8.46. The second-order valence-corrected chi connectivity index (χ2v) is 9.28. The number of hydrogen-bond acceptors (Lipinski definition) is 8. The molecule has 0 unspecified atom stereocenters. The summed E-state index contributed by atoms with van der Waals surface area (Å²) in [6.07, 6.45) is 3.41. The van der Waals surface area contributed by atoms with Gasteiger partial charge in [-0.25, -0.2) is 4.98 Å². The molecule has 0 saturated heterocycles. The van der Waals surface area contributed by atoms with Crippen LogP contribution < -0.4 is 10.1 Å². The highest BCUT2D eigenvalue weighted by molar-refractivity contribution is 6.04. The first kappa shape index (κ1) is 28.3. The topological polar surface area (TPSA) is 121 Å². The summed E-state index contributed by atoms with van der Waals surface area (Å²) >= 11 is 0. The number of carbonyl (C=O) groups is 2. The summed E-state index contributed by atoms with van der Waals surface area (Å²) in [5.41, 5.74) is 1.57. The van der Waals surface area contributed by atoms with Gasteiger partial charge in [0, 0.05) is 23.4 Å². The smallest absolute Gasteiger partial charge is 0.255 e. The Bertz CT molecular complexity index is 1150. The van der Waals surface area contributed by atoms with E-state index >= 15 is 0 Å². The van der Waals surface area contributed by atoms with Gasteiger partial charge in [-0.05, 0) is 36.4 Å². The summed E-state index contributed by atoms with van der Waals surface area (Å²) < 4.78 is 23.3. The number of rotatable bonds is 15. The molecule has 1 amide bonds. The van der Waals surface area contributed by atoms with E-state index in [4.69, 9.17) is 24.1 Å². The quantitative estimate of drug-likeness (QED) is 0.235. The number of fused-ring (bicyclic) bond motifs is 1. The number of nitrogens with zero attached hydrogens (tertiary/aromatic N) is 2. The van der Waals surface area contributed by atoms with E-state index in [9.17, 15) is 9.59 Å². The predicted molar refractivity (Wildman–Crippen MR) is 138 cm³/mol. The molecule has 2 heterocycles. The van der Waals surface area contributed by atoms with Gasteiger partial charge in [0.05, 0.1) is 51.9 Å². The minimum absolute atomic E-state index is 0.00615. The Hall–Kier alpha value is -3.31. The number of pyridine rings is 1. The lowest BCUT2D eigenvalue weighted by Gasteiger charge is -2.13. The fourth-order valence-electron chi connectivity index (χ4n) is 3.29. The number of aliphatic hydroxyl groups excluding tert-OH is 1. The summed E-state index contributed by atoms with van der Waals surface area (Å²) in [7, 11) is 0. The number of benzene rings is 1. The highest BCUT2D eigenvalue weighted by atomic mass is 16.6. The molecule has 3 rings (SSSR count). The second kappa shape index (κ2) is 13.8. The Kier molecular flexibility index (Phi) is 10.6. The van der Waals surface area contributed by atoms with E-state index in [0.717, 1.165) is 0 Å². The normalized spacial score (nSPS) is 11.6. The van der Waals surface area contributed by atoms with E-state index < -0.39 is 5.41 Å². The molecule has 200 valence electrons. The highest BCUT2D eigenvalue weighted by Crippen LogP contribution is 2.21. The van der Waals surface area contributed by atoms with E-state index in [0.29, 0.717) is 74.6 Å². The fraction of sp³-hybridized carbons (Fsp3) is 0.444. The molecular weight excluding hydrogens is 478 g/mol. The molecule has 2 N–H and O–H groups in total. The average Bonchev–Trinajstić information content (AvgIpc) is 3.30. The molecule has 10 heteroatoms. The van der Waals surface area contributed by atoms with Gasteiger partial charge < -0.3 is 33.8 Å². The van der Waals surface area contributed by atoms with Crippen LogP contribution in [0.2, 0.25) is 0 Å². The lowest BCUT2D eigenvalue weighted by atomic mass is 9.89. The number of aliphatic hydroxyl groups is 1. The van der Waals surface area contributed by atoms with Crippen molar-refractivity contribution in [2.75, 3.05) is 58.2 Å². The lowest BCUT2D eigenvalue weighted by molar-refractivity contribution is 0.00361. The van der Waals surface area contributed by atoms with Crippen LogP contribution in [0, 0.1) is 5.41 Å². The Balaban J connectivity index is 1.40. The summed E-state index contributed by atoms with van der Waals surface area (Å²) in [5, 5.41) is 11.5. The van der Waals surface area contributed by atoms with Crippen molar-refractivity contribution in [3.8, 4) is 5.75 Å². The second-order valence-electron chi connectivity index (χ2n) is 9.28. The predicted octanol–water partition coefficient (Wildman–Crippen LogP) is 3.24. The van der Waals surface area contributed by atoms with Crippen molar-refractivity contribution in [3.63, 3.8) is 0 Å². The molecular formula is C27H35N3O7. The van der Waals surface area contributed by atoms with Crippen molar-refractivity contribution in [2.24, 2.45) is 5.41 Å². The molecule has 1 aromatic carbocycles. The molecule has 2 aromatic heterocycles. The number of carbonyl (C=O) groups excluding carboxylic acids is 2. The molecule has 3 aromatic rings. The molecule has 0 atom stereocenters. The zero-order valence-corrected chi connectivity index (χ0v) is 21.6. The van der Waals surface area contributed by atoms with Crippen LogP contribution in [0.1, 0.15) is 41.6 Å². The standard InChI is InChI=1S/C27H35N3O7/c1-27(2,3)25(32)23-19-30-18-21(6-9-24(30)29-23)28-26(33)20-4-7-22(8-5-20)37-17-16-36-15-14-35-13-12-34-11-10-31/h4-9,18-19,31H,10-17H2,1-3H3,(H,28,33). The SMILES string of the molecule is CC(C)(C)C(=O)c1cn2cc(NC(=O)c3ccc(OCCOCCOCCOCCO)cc3)ccc2n1. The van der Waals surface area contributed by atoms with Gasteiger partial charge >= 0.3 is 0 Å². The van der Waals surface area contributed by atoms with Crippen LogP contribution in [-0.2, 0) is 14.2 Å². The van der Waals surface area contributed by atoms with Crippen molar-refractivity contribution >= 4 is 23.0 Å². The van der Waals surface area contributed by atoms with Gasteiger partial charge in [0.1, 0.15) is 23.7 Å². The molecule has 0 spiro atoms. The third-order valence-electron chi connectivity index (χ3n) is 5.22. The van der Waals surface area contributed by atoms with Crippen molar-refractivity contribution in [1.82, 2.24) is 9.38 Å². The van der Waals surface area contributed by atoms with Crippen molar-refractivity contribution in [3.05, 3.63) is 60.0 Å². The number of imidazole rings is 1. The number of hydrogen-bond donors (Lipinski definition) is 2. The van der Waals surface area contributed by atoms with Crippen LogP contribution in [0.4, 0.5) is 5.69 Å². The maximum atomic E-state index is 12.7. The summed E-state index contributed by atoms with van der Waals surface area (Å²) in [4.78, 5) is 29.6. The Morgan fingerprint density at radius 3 is 2.11 bits per heavy atom. The van der Waals surface area contributed by atoms with E-state index in [2.05, 4.69) is 10.3 Å². The zero-order valence-electron chi connectivity index (χ0n) is 21.6. The van der Waals surface area contributed by atoms with Gasteiger partial charge in [0.15, 0.2) is 5.78 Å². The number of Topliss-reactive ketones (excluding diaryl/α,β-unsaturated/α-hetero) is 1. The number of nitrogens with one attached hydrogen (secondary N) is 1. The van der Waals surface area contributed by atoms with Crippen LogP contribution in [0.3, 0.4) is 0 Å². The van der Waals surface area contributed by atoms with Crippen molar-refractivity contribution < 1.29 is 33.6 Å². The Labute approximate surface area is 216 Å². The van der Waals surface area contributed by atoms with E-state index in [1.807, 2.05) is 20.8 Å². The zero-order chi connectivity index (χ0) is 26.7. The maximum absolute atomic E-state index is 12.7. The molecule has 0 aliphatic carbocycles. The number of ketones is 1. The number of aromatic nitrogens is 2. The molecule has 0 fully saturated rings. The lowest BCUT2D eigenvalue weighted by Crippen LogP contribution is -2.20. The summed E-state index contributed by atoms with van der Waals surface area (Å²) in [5.74, 6) is 0.330. The molecule has 0 bridgehead atoms. The monoisotopic (exact) mass is 513 g/mol. The molecule has 37 heavy (non-hydrogen) atoms. The van der Waals surface area contributed by atoms with Crippen LogP contribution in [0.15, 0.2) is 48.8 Å². The van der Waals surface area contributed by atoms with Crippen molar-refractivity contribution in [2.45, 2.75) is 20.8 Å². The van der Waals surface area contributed by atoms with Gasteiger partial charge in [-0.2, -0.15) is 0 Å². The molecule has 0 aliphatic rings. The number of amides is 1. The van der Waals surface area contributed by atoms with Gasteiger partial charge in [0.2, 0.25) is 0 Å². The van der Waals surface area contributed by atoms with Crippen LogP contribution in [-0.4, -0.2) is 79.0 Å². The summed E-state index contributed by atoms with van der Waals surface area (Å²) in [6, 6.07) is 10.3. The Morgan fingerprint density at radius 2 is 1.49 bits per heavy atom. The van der Waals surface area contributed by atoms with Gasteiger partial charge in [-0.3, -0.25) is 9.59 Å². The fourth-order valence-corrected chi connectivity index (χ4v) is 3.29. The van der Waals surface area contributed by atoms with Crippen LogP contribution >= 0.6 is 0 Å². The average molecular weight is 514 g/mol. The van der Waals surface area contributed by atoms with Gasteiger partial charge in [-0.1, -0.05) is 20.8 Å². The molecule has 0 aliphatic heterocycles. The van der Waals surface area contributed by atoms with Gasteiger partial charge in [0.25, 0.3) is 5.91 Å². The van der Waals surface area contributed by atoms with Gasteiger partial charge in [-0.15, -0.1) is 0 Å². The molecule has 0 saturated carbocycles. The number of anilines is 1. The van der Waals surface area contributed by atoms with Crippen molar-refractivity contribution in [1.29, 1.82) is 0 Å². The first-order valence-corrected chi connectivity index (χ1v) is 12.2. The largest absolute Gasteiger partial charge is 0.491 e. The van der Waals surface area contributed by atoms with Crippen LogP contribution in [0.5, 0.6) is 5.75 Å². The highest BCUT2D eigenvalue weighted by Gasteiger charge is 2.25. The first-order valence-electron chi connectivity index (χ1n) is 12.2. The first-order chi connectivity index (χ1) is 17.8.